The largest absolute Gasteiger partial charge is 0.489 e. The maximum atomic E-state index is 12.3. The average molecular weight is 303 g/mol. The summed E-state index contributed by atoms with van der Waals surface area (Å²) >= 11 is 0. The number of likely N-dealkylation sites (tertiary alicyclic amines) is 1. The summed E-state index contributed by atoms with van der Waals surface area (Å²) < 4.78 is 5.88. The minimum Gasteiger partial charge on any atom is -0.489 e. The second kappa shape index (κ2) is 6.25. The van der Waals surface area contributed by atoms with E-state index in [1.54, 1.807) is 21.7 Å². The molecule has 0 aromatic heterocycles. The van der Waals surface area contributed by atoms with Crippen molar-refractivity contribution >= 4 is 11.9 Å². The number of carbonyl (C=O) groups is 2. The standard InChI is InChI=1S/C16H21N3O3/c1-17-9-10-19(16(17)21)12-15(20)18-8-7-14(11-18)22-13-5-3-2-4-6-13/h2-6,14H,7-12H2,1H3/t14-/m0/s1. The Kier molecular flexibility index (Phi) is 4.18. The van der Waals surface area contributed by atoms with Gasteiger partial charge in [0.15, 0.2) is 0 Å². The smallest absolute Gasteiger partial charge is 0.320 e. The van der Waals surface area contributed by atoms with Gasteiger partial charge in [-0.05, 0) is 12.1 Å². The Balaban J connectivity index is 1.50. The summed E-state index contributed by atoms with van der Waals surface area (Å²) in [5.74, 6) is 0.834. The summed E-state index contributed by atoms with van der Waals surface area (Å²) in [6.07, 6.45) is 0.859. The lowest BCUT2D eigenvalue weighted by Gasteiger charge is -2.21. The van der Waals surface area contributed by atoms with E-state index in [2.05, 4.69) is 0 Å². The van der Waals surface area contributed by atoms with Gasteiger partial charge in [-0.25, -0.2) is 4.79 Å². The first-order chi connectivity index (χ1) is 10.6. The molecule has 1 atom stereocenters. The van der Waals surface area contributed by atoms with Gasteiger partial charge in [0.25, 0.3) is 0 Å². The molecule has 6 nitrogen and oxygen atoms in total. The lowest BCUT2D eigenvalue weighted by atomic mass is 10.3. The molecule has 0 bridgehead atoms. The van der Waals surface area contributed by atoms with E-state index >= 15 is 0 Å². The summed E-state index contributed by atoms with van der Waals surface area (Å²) in [6.45, 7) is 2.76. The van der Waals surface area contributed by atoms with E-state index in [1.165, 1.54) is 0 Å². The third-order valence-corrected chi connectivity index (χ3v) is 4.17. The molecule has 0 radical (unpaired) electrons. The minimum atomic E-state index is -0.0652. The molecule has 22 heavy (non-hydrogen) atoms. The SMILES string of the molecule is CN1CCN(CC(=O)N2CC[C@H](Oc3ccccc3)C2)C1=O. The van der Waals surface area contributed by atoms with Crippen molar-refractivity contribution < 1.29 is 14.3 Å². The second-order valence-electron chi connectivity index (χ2n) is 5.81. The molecule has 0 unspecified atom stereocenters. The van der Waals surface area contributed by atoms with Gasteiger partial charge in [0.05, 0.1) is 6.54 Å². The highest BCUT2D eigenvalue weighted by Crippen LogP contribution is 2.18. The average Bonchev–Trinajstić information content (AvgIpc) is 3.10. The van der Waals surface area contributed by atoms with Crippen molar-refractivity contribution in [2.45, 2.75) is 12.5 Å². The summed E-state index contributed by atoms with van der Waals surface area (Å²) in [7, 11) is 1.76. The number of ether oxygens (including phenoxy) is 1. The number of nitrogens with zero attached hydrogens (tertiary/aromatic N) is 3. The van der Waals surface area contributed by atoms with Crippen LogP contribution in [0.25, 0.3) is 0 Å². The molecule has 6 heteroatoms. The first-order valence-corrected chi connectivity index (χ1v) is 7.63. The number of hydrogen-bond acceptors (Lipinski definition) is 3. The van der Waals surface area contributed by atoms with Crippen molar-refractivity contribution in [1.29, 1.82) is 0 Å². The Hall–Kier alpha value is -2.24. The highest BCUT2D eigenvalue weighted by Gasteiger charge is 2.32. The van der Waals surface area contributed by atoms with E-state index in [0.717, 1.165) is 12.2 Å². The number of benzene rings is 1. The zero-order valence-corrected chi connectivity index (χ0v) is 12.8. The van der Waals surface area contributed by atoms with Gasteiger partial charge in [-0.3, -0.25) is 4.79 Å². The van der Waals surface area contributed by atoms with Crippen LogP contribution in [0.15, 0.2) is 30.3 Å². The molecule has 2 heterocycles. The molecule has 118 valence electrons. The number of likely N-dealkylation sites (N-methyl/N-ethyl adjacent to an activating group) is 1. The number of rotatable bonds is 4. The van der Waals surface area contributed by atoms with Gasteiger partial charge in [0, 0.05) is 33.1 Å². The Morgan fingerprint density at radius 3 is 2.68 bits per heavy atom. The van der Waals surface area contributed by atoms with E-state index in [1.807, 2.05) is 30.3 Å². The molecule has 0 saturated carbocycles. The van der Waals surface area contributed by atoms with Gasteiger partial charge in [0.1, 0.15) is 18.4 Å². The number of amides is 3. The highest BCUT2D eigenvalue weighted by molar-refractivity contribution is 5.85. The molecule has 2 aliphatic heterocycles. The van der Waals surface area contributed by atoms with Crippen molar-refractivity contribution in [3.8, 4) is 5.75 Å². The van der Waals surface area contributed by atoms with Crippen LogP contribution in [0.1, 0.15) is 6.42 Å². The van der Waals surface area contributed by atoms with Crippen molar-refractivity contribution in [2.75, 3.05) is 39.8 Å². The fourth-order valence-corrected chi connectivity index (χ4v) is 2.86. The Bertz CT molecular complexity index is 549. The molecular weight excluding hydrogens is 282 g/mol. The van der Waals surface area contributed by atoms with Crippen LogP contribution < -0.4 is 4.74 Å². The first-order valence-electron chi connectivity index (χ1n) is 7.63. The summed E-state index contributed by atoms with van der Waals surface area (Å²) in [5.41, 5.74) is 0. The van der Waals surface area contributed by atoms with Crippen LogP contribution in [0.2, 0.25) is 0 Å². The Morgan fingerprint density at radius 2 is 2.00 bits per heavy atom. The molecule has 1 aromatic carbocycles. The quantitative estimate of drug-likeness (QED) is 0.835. The summed E-state index contributed by atoms with van der Waals surface area (Å²) in [5, 5.41) is 0. The van der Waals surface area contributed by atoms with Crippen LogP contribution in [0, 0.1) is 0 Å². The molecule has 3 rings (SSSR count). The number of urea groups is 1. The van der Waals surface area contributed by atoms with Gasteiger partial charge in [0.2, 0.25) is 5.91 Å². The zero-order chi connectivity index (χ0) is 15.5. The summed E-state index contributed by atoms with van der Waals surface area (Å²) in [6, 6.07) is 9.59. The minimum absolute atomic E-state index is 0.00260. The second-order valence-corrected chi connectivity index (χ2v) is 5.81. The van der Waals surface area contributed by atoms with E-state index in [4.69, 9.17) is 4.74 Å². The van der Waals surface area contributed by atoms with Crippen molar-refractivity contribution in [2.24, 2.45) is 0 Å². The van der Waals surface area contributed by atoms with Crippen LogP contribution in [-0.4, -0.2) is 72.5 Å². The third kappa shape index (κ3) is 3.16. The predicted octanol–water partition coefficient (Wildman–Crippen LogP) is 1.03. The molecular formula is C16H21N3O3. The molecule has 0 spiro atoms. The van der Waals surface area contributed by atoms with Crippen LogP contribution in [0.5, 0.6) is 5.75 Å². The number of para-hydroxylation sites is 1. The molecule has 1 aromatic rings. The lowest BCUT2D eigenvalue weighted by molar-refractivity contribution is -0.130. The van der Waals surface area contributed by atoms with Gasteiger partial charge < -0.3 is 19.4 Å². The van der Waals surface area contributed by atoms with Crippen LogP contribution >= 0.6 is 0 Å². The van der Waals surface area contributed by atoms with Crippen molar-refractivity contribution in [3.63, 3.8) is 0 Å². The fourth-order valence-electron chi connectivity index (χ4n) is 2.86. The molecule has 2 aliphatic rings. The molecule has 0 N–H and O–H groups in total. The van der Waals surface area contributed by atoms with Gasteiger partial charge in [-0.15, -0.1) is 0 Å². The van der Waals surface area contributed by atoms with Gasteiger partial charge in [-0.1, -0.05) is 18.2 Å². The summed E-state index contributed by atoms with van der Waals surface area (Å²) in [4.78, 5) is 29.2. The first kappa shape index (κ1) is 14.7. The van der Waals surface area contributed by atoms with E-state index in [9.17, 15) is 9.59 Å². The van der Waals surface area contributed by atoms with Gasteiger partial charge in [-0.2, -0.15) is 0 Å². The molecule has 2 fully saturated rings. The topological polar surface area (TPSA) is 53.1 Å². The van der Waals surface area contributed by atoms with Gasteiger partial charge >= 0.3 is 6.03 Å². The van der Waals surface area contributed by atoms with E-state index in [-0.39, 0.29) is 24.6 Å². The molecule has 2 saturated heterocycles. The normalized spacial score (nSPS) is 21.6. The third-order valence-electron chi connectivity index (χ3n) is 4.17. The monoisotopic (exact) mass is 303 g/mol. The maximum Gasteiger partial charge on any atom is 0.320 e. The van der Waals surface area contributed by atoms with Crippen molar-refractivity contribution in [3.05, 3.63) is 30.3 Å². The Labute approximate surface area is 130 Å². The van der Waals surface area contributed by atoms with Crippen LogP contribution in [0.3, 0.4) is 0 Å². The van der Waals surface area contributed by atoms with Crippen LogP contribution in [-0.2, 0) is 4.79 Å². The molecule has 0 aliphatic carbocycles. The number of carbonyl (C=O) groups excluding carboxylic acids is 2. The number of hydrogen-bond donors (Lipinski definition) is 0. The van der Waals surface area contributed by atoms with E-state index in [0.29, 0.717) is 26.2 Å². The fraction of sp³-hybridized carbons (Fsp3) is 0.500. The predicted molar refractivity (Wildman–Crippen MR) is 81.7 cm³/mol. The molecule has 3 amide bonds. The van der Waals surface area contributed by atoms with Crippen molar-refractivity contribution in [1.82, 2.24) is 14.7 Å². The van der Waals surface area contributed by atoms with E-state index < -0.39 is 0 Å². The zero-order valence-electron chi connectivity index (χ0n) is 12.8. The Morgan fingerprint density at radius 1 is 1.23 bits per heavy atom. The maximum absolute atomic E-state index is 12.3. The lowest BCUT2D eigenvalue weighted by Crippen LogP contribution is -2.41. The van der Waals surface area contributed by atoms with Crippen LogP contribution in [0.4, 0.5) is 4.79 Å². The highest BCUT2D eigenvalue weighted by atomic mass is 16.5.